The molecular weight excluding hydrogens is 316 g/mol. The average Bonchev–Trinajstić information content (AvgIpc) is 2.48. The van der Waals surface area contributed by atoms with E-state index in [-0.39, 0.29) is 17.4 Å². The SMILES string of the molecule is C[C@H](NC(=O)C1(CN)CCCCC1)c1ccc(Br)cc1. The minimum atomic E-state index is -0.345. The summed E-state index contributed by atoms with van der Waals surface area (Å²) >= 11 is 3.42. The molecule has 0 bridgehead atoms. The summed E-state index contributed by atoms with van der Waals surface area (Å²) in [6, 6.07) is 8.07. The van der Waals surface area contributed by atoms with Crippen LogP contribution in [-0.2, 0) is 4.79 Å². The molecule has 0 unspecified atom stereocenters. The number of amides is 1. The molecule has 1 amide bonds. The summed E-state index contributed by atoms with van der Waals surface area (Å²) in [6.07, 6.45) is 5.27. The van der Waals surface area contributed by atoms with Crippen molar-refractivity contribution in [2.24, 2.45) is 11.1 Å². The topological polar surface area (TPSA) is 55.1 Å². The number of benzene rings is 1. The second kappa shape index (κ2) is 6.72. The number of hydrogen-bond acceptors (Lipinski definition) is 2. The molecule has 0 aliphatic heterocycles. The summed E-state index contributed by atoms with van der Waals surface area (Å²) < 4.78 is 1.05. The van der Waals surface area contributed by atoms with Gasteiger partial charge >= 0.3 is 0 Å². The highest BCUT2D eigenvalue weighted by atomic mass is 79.9. The van der Waals surface area contributed by atoms with Gasteiger partial charge in [-0.1, -0.05) is 47.3 Å². The van der Waals surface area contributed by atoms with Gasteiger partial charge in [-0.15, -0.1) is 0 Å². The van der Waals surface area contributed by atoms with E-state index in [4.69, 9.17) is 5.73 Å². The lowest BCUT2D eigenvalue weighted by atomic mass is 9.73. The Balaban J connectivity index is 2.04. The first-order valence-corrected chi connectivity index (χ1v) is 8.13. The lowest BCUT2D eigenvalue weighted by Crippen LogP contribution is -2.47. The van der Waals surface area contributed by atoms with E-state index in [1.165, 1.54) is 6.42 Å². The first kappa shape index (κ1) is 15.5. The van der Waals surface area contributed by atoms with Crippen molar-refractivity contribution in [2.45, 2.75) is 45.1 Å². The van der Waals surface area contributed by atoms with Gasteiger partial charge < -0.3 is 11.1 Å². The third-order valence-electron chi connectivity index (χ3n) is 4.40. The van der Waals surface area contributed by atoms with Crippen LogP contribution in [0.1, 0.15) is 50.6 Å². The number of hydrogen-bond donors (Lipinski definition) is 2. The van der Waals surface area contributed by atoms with E-state index in [1.807, 2.05) is 31.2 Å². The Morgan fingerprint density at radius 2 is 1.90 bits per heavy atom. The van der Waals surface area contributed by atoms with Crippen molar-refractivity contribution in [1.82, 2.24) is 5.32 Å². The zero-order valence-electron chi connectivity index (χ0n) is 12.0. The molecule has 110 valence electrons. The van der Waals surface area contributed by atoms with Crippen LogP contribution in [-0.4, -0.2) is 12.5 Å². The quantitative estimate of drug-likeness (QED) is 0.882. The first-order valence-electron chi connectivity index (χ1n) is 7.34. The van der Waals surface area contributed by atoms with E-state index in [1.54, 1.807) is 0 Å². The van der Waals surface area contributed by atoms with Crippen molar-refractivity contribution in [1.29, 1.82) is 0 Å². The molecule has 1 aliphatic rings. The Morgan fingerprint density at radius 3 is 2.45 bits per heavy atom. The van der Waals surface area contributed by atoms with Crippen LogP contribution in [0, 0.1) is 5.41 Å². The number of rotatable bonds is 4. The maximum absolute atomic E-state index is 12.6. The molecule has 3 nitrogen and oxygen atoms in total. The zero-order valence-corrected chi connectivity index (χ0v) is 13.6. The molecule has 0 spiro atoms. The minimum absolute atomic E-state index is 0.0148. The minimum Gasteiger partial charge on any atom is -0.349 e. The van der Waals surface area contributed by atoms with Gasteiger partial charge in [0.2, 0.25) is 5.91 Å². The Morgan fingerprint density at radius 1 is 1.30 bits per heavy atom. The van der Waals surface area contributed by atoms with Crippen LogP contribution in [0.2, 0.25) is 0 Å². The summed E-state index contributed by atoms with van der Waals surface area (Å²) in [5.41, 5.74) is 6.68. The van der Waals surface area contributed by atoms with Gasteiger partial charge in [-0.05, 0) is 37.5 Å². The summed E-state index contributed by atoms with van der Waals surface area (Å²) in [5, 5.41) is 3.14. The highest BCUT2D eigenvalue weighted by molar-refractivity contribution is 9.10. The highest BCUT2D eigenvalue weighted by Crippen LogP contribution is 2.36. The standard InChI is InChI=1S/C16H23BrN2O/c1-12(13-5-7-14(17)8-6-13)19-15(20)16(11-18)9-3-2-4-10-16/h5-8,12H,2-4,9-11,18H2,1H3,(H,19,20)/t12-/m0/s1. The van der Waals surface area contributed by atoms with E-state index in [2.05, 4.69) is 21.2 Å². The normalized spacial score (nSPS) is 19.4. The van der Waals surface area contributed by atoms with Gasteiger partial charge in [-0.25, -0.2) is 0 Å². The molecule has 1 aliphatic carbocycles. The maximum atomic E-state index is 12.6. The second-order valence-electron chi connectivity index (χ2n) is 5.79. The Bertz CT molecular complexity index is 452. The first-order chi connectivity index (χ1) is 9.57. The van der Waals surface area contributed by atoms with Crippen molar-refractivity contribution in [3.05, 3.63) is 34.3 Å². The van der Waals surface area contributed by atoms with Gasteiger partial charge in [0, 0.05) is 11.0 Å². The Kier molecular flexibility index (Phi) is 5.22. The van der Waals surface area contributed by atoms with Crippen molar-refractivity contribution < 1.29 is 4.79 Å². The molecule has 1 aromatic carbocycles. The van der Waals surface area contributed by atoms with Crippen LogP contribution in [0.4, 0.5) is 0 Å². The summed E-state index contributed by atoms with van der Waals surface area (Å²) in [5.74, 6) is 0.120. The highest BCUT2D eigenvalue weighted by Gasteiger charge is 2.38. The molecule has 1 fully saturated rings. The van der Waals surface area contributed by atoms with Gasteiger partial charge in [-0.3, -0.25) is 4.79 Å². The molecular formula is C16H23BrN2O. The number of carbonyl (C=O) groups is 1. The number of halogens is 1. The molecule has 4 heteroatoms. The molecule has 3 N–H and O–H groups in total. The molecule has 0 radical (unpaired) electrons. The van der Waals surface area contributed by atoms with Crippen LogP contribution >= 0.6 is 15.9 Å². The summed E-state index contributed by atoms with van der Waals surface area (Å²) in [6.45, 7) is 2.47. The van der Waals surface area contributed by atoms with E-state index in [0.29, 0.717) is 6.54 Å². The third-order valence-corrected chi connectivity index (χ3v) is 4.93. The van der Waals surface area contributed by atoms with Crippen LogP contribution < -0.4 is 11.1 Å². The Labute approximate surface area is 129 Å². The summed E-state index contributed by atoms with van der Waals surface area (Å²) in [7, 11) is 0. The molecule has 0 heterocycles. The molecule has 0 aromatic heterocycles. The fraction of sp³-hybridized carbons (Fsp3) is 0.562. The zero-order chi connectivity index (χ0) is 14.6. The Hall–Kier alpha value is -0.870. The molecule has 1 aromatic rings. The van der Waals surface area contributed by atoms with Crippen molar-refractivity contribution in [2.75, 3.05) is 6.54 Å². The fourth-order valence-electron chi connectivity index (χ4n) is 2.94. The fourth-order valence-corrected chi connectivity index (χ4v) is 3.20. The number of nitrogens with two attached hydrogens (primary N) is 1. The van der Waals surface area contributed by atoms with Crippen LogP contribution in [0.15, 0.2) is 28.7 Å². The summed E-state index contributed by atoms with van der Waals surface area (Å²) in [4.78, 5) is 12.6. The van der Waals surface area contributed by atoms with Gasteiger partial charge in [0.25, 0.3) is 0 Å². The average molecular weight is 339 g/mol. The predicted octanol–water partition coefficient (Wildman–Crippen LogP) is 3.54. The van der Waals surface area contributed by atoms with Crippen molar-refractivity contribution in [3.63, 3.8) is 0 Å². The van der Waals surface area contributed by atoms with Crippen molar-refractivity contribution >= 4 is 21.8 Å². The molecule has 2 rings (SSSR count). The number of carbonyl (C=O) groups excluding carboxylic acids is 1. The molecule has 20 heavy (non-hydrogen) atoms. The molecule has 1 saturated carbocycles. The second-order valence-corrected chi connectivity index (χ2v) is 6.71. The van der Waals surface area contributed by atoms with E-state index < -0.39 is 0 Å². The van der Waals surface area contributed by atoms with Gasteiger partial charge in [-0.2, -0.15) is 0 Å². The van der Waals surface area contributed by atoms with Crippen LogP contribution in [0.25, 0.3) is 0 Å². The van der Waals surface area contributed by atoms with Gasteiger partial charge in [0.1, 0.15) is 0 Å². The largest absolute Gasteiger partial charge is 0.349 e. The van der Waals surface area contributed by atoms with E-state index in [9.17, 15) is 4.79 Å². The predicted molar refractivity (Wildman–Crippen MR) is 85.3 cm³/mol. The van der Waals surface area contributed by atoms with E-state index in [0.717, 1.165) is 35.7 Å². The van der Waals surface area contributed by atoms with Crippen LogP contribution in [0.5, 0.6) is 0 Å². The number of nitrogens with one attached hydrogen (secondary N) is 1. The smallest absolute Gasteiger partial charge is 0.227 e. The third kappa shape index (κ3) is 3.41. The molecule has 0 saturated heterocycles. The maximum Gasteiger partial charge on any atom is 0.227 e. The lowest BCUT2D eigenvalue weighted by Gasteiger charge is -2.35. The van der Waals surface area contributed by atoms with Crippen molar-refractivity contribution in [3.8, 4) is 0 Å². The van der Waals surface area contributed by atoms with Gasteiger partial charge in [0.15, 0.2) is 0 Å². The van der Waals surface area contributed by atoms with E-state index >= 15 is 0 Å². The monoisotopic (exact) mass is 338 g/mol. The van der Waals surface area contributed by atoms with Gasteiger partial charge in [0.05, 0.1) is 11.5 Å². The molecule has 1 atom stereocenters. The van der Waals surface area contributed by atoms with Crippen LogP contribution in [0.3, 0.4) is 0 Å². The lowest BCUT2D eigenvalue weighted by molar-refractivity contribution is -0.133.